The second-order valence-corrected chi connectivity index (χ2v) is 4.92. The van der Waals surface area contributed by atoms with E-state index in [4.69, 9.17) is 0 Å². The van der Waals surface area contributed by atoms with Crippen molar-refractivity contribution in [1.82, 2.24) is 9.78 Å². The monoisotopic (exact) mass is 328 g/mol. The van der Waals surface area contributed by atoms with Crippen LogP contribution in [-0.2, 0) is 13.5 Å². The van der Waals surface area contributed by atoms with Crippen LogP contribution in [0.25, 0.3) is 0 Å². The van der Waals surface area contributed by atoms with Crippen molar-refractivity contribution in [3.8, 4) is 0 Å². The fourth-order valence-corrected chi connectivity index (χ4v) is 2.19. The molecule has 6 heteroatoms. The Bertz CT molecular complexity index is 652. The molecule has 0 amide bonds. The maximum atomic E-state index is 13.9. The van der Waals surface area contributed by atoms with Gasteiger partial charge in [0.2, 0.25) is 5.78 Å². The smallest absolute Gasteiger partial charge is 0.202 e. The van der Waals surface area contributed by atoms with Gasteiger partial charge in [0.25, 0.3) is 0 Å². The number of carbonyl (C=O) groups is 1. The van der Waals surface area contributed by atoms with Gasteiger partial charge in [-0.05, 0) is 34.5 Å². The Hall–Kier alpha value is -1.56. The van der Waals surface area contributed by atoms with Gasteiger partial charge in [0.1, 0.15) is 5.82 Å². The molecule has 0 saturated heterocycles. The molecule has 0 atom stereocenters. The van der Waals surface area contributed by atoms with E-state index in [0.717, 1.165) is 6.07 Å². The standard InChI is InChI=1S/C13H11BrF2N2O/c1-3-10-7(6-18(2)17-10)13(19)11-9(15)5-4-8(14)12(11)16/h4-6H,3H2,1-2H3. The number of halogens is 3. The van der Waals surface area contributed by atoms with Crippen LogP contribution < -0.4 is 0 Å². The molecule has 1 aromatic heterocycles. The quantitative estimate of drug-likeness (QED) is 0.640. The molecule has 0 unspecified atom stereocenters. The van der Waals surface area contributed by atoms with Crippen molar-refractivity contribution in [1.29, 1.82) is 0 Å². The highest BCUT2D eigenvalue weighted by Crippen LogP contribution is 2.25. The SMILES string of the molecule is CCc1nn(C)cc1C(=O)c1c(F)ccc(Br)c1F. The molecule has 2 rings (SSSR count). The highest BCUT2D eigenvalue weighted by atomic mass is 79.9. The van der Waals surface area contributed by atoms with Gasteiger partial charge < -0.3 is 0 Å². The van der Waals surface area contributed by atoms with Gasteiger partial charge >= 0.3 is 0 Å². The summed E-state index contributed by atoms with van der Waals surface area (Å²) in [5.74, 6) is -2.46. The van der Waals surface area contributed by atoms with Crippen LogP contribution in [0, 0.1) is 11.6 Å². The van der Waals surface area contributed by atoms with E-state index in [1.807, 2.05) is 6.92 Å². The van der Waals surface area contributed by atoms with E-state index < -0.39 is 23.0 Å². The van der Waals surface area contributed by atoms with Crippen LogP contribution >= 0.6 is 15.9 Å². The summed E-state index contributed by atoms with van der Waals surface area (Å²) < 4.78 is 29.1. The molecule has 2 aromatic rings. The van der Waals surface area contributed by atoms with Crippen LogP contribution in [0.2, 0.25) is 0 Å². The van der Waals surface area contributed by atoms with Crippen molar-refractivity contribution >= 4 is 21.7 Å². The lowest BCUT2D eigenvalue weighted by Crippen LogP contribution is -2.09. The first-order valence-electron chi connectivity index (χ1n) is 5.66. The number of ketones is 1. The molecule has 0 N–H and O–H groups in total. The molecule has 100 valence electrons. The lowest BCUT2D eigenvalue weighted by atomic mass is 10.0. The summed E-state index contributed by atoms with van der Waals surface area (Å²) in [5.41, 5.74) is 0.184. The summed E-state index contributed by atoms with van der Waals surface area (Å²) in [6.07, 6.45) is 1.99. The minimum atomic E-state index is -0.893. The summed E-state index contributed by atoms with van der Waals surface area (Å²) in [4.78, 5) is 12.3. The van der Waals surface area contributed by atoms with Crippen molar-refractivity contribution in [3.63, 3.8) is 0 Å². The van der Waals surface area contributed by atoms with E-state index >= 15 is 0 Å². The number of rotatable bonds is 3. The molecule has 0 saturated carbocycles. The second kappa shape index (κ2) is 5.21. The number of nitrogens with zero attached hydrogens (tertiary/aromatic N) is 2. The third kappa shape index (κ3) is 2.45. The average molecular weight is 329 g/mol. The minimum absolute atomic E-state index is 0.0548. The van der Waals surface area contributed by atoms with Crippen molar-refractivity contribution in [2.45, 2.75) is 13.3 Å². The van der Waals surface area contributed by atoms with E-state index in [1.165, 1.54) is 16.9 Å². The molecule has 0 aliphatic rings. The van der Waals surface area contributed by atoms with Crippen LogP contribution in [0.4, 0.5) is 8.78 Å². The number of benzene rings is 1. The van der Waals surface area contributed by atoms with Gasteiger partial charge in [0.15, 0.2) is 5.82 Å². The van der Waals surface area contributed by atoms with E-state index in [0.29, 0.717) is 12.1 Å². The van der Waals surface area contributed by atoms with Crippen LogP contribution in [0.15, 0.2) is 22.8 Å². The highest BCUT2D eigenvalue weighted by molar-refractivity contribution is 9.10. The Kier molecular flexibility index (Phi) is 3.80. The Morgan fingerprint density at radius 1 is 1.42 bits per heavy atom. The van der Waals surface area contributed by atoms with Gasteiger partial charge in [-0.15, -0.1) is 0 Å². The van der Waals surface area contributed by atoms with Gasteiger partial charge in [-0.25, -0.2) is 8.78 Å². The minimum Gasteiger partial charge on any atom is -0.288 e. The van der Waals surface area contributed by atoms with E-state index in [9.17, 15) is 13.6 Å². The number of aryl methyl sites for hydroxylation is 2. The molecule has 1 heterocycles. The molecule has 1 aromatic carbocycles. The van der Waals surface area contributed by atoms with Crippen LogP contribution in [-0.4, -0.2) is 15.6 Å². The molecule has 0 fully saturated rings. The molecule has 3 nitrogen and oxygen atoms in total. The second-order valence-electron chi connectivity index (χ2n) is 4.06. The first-order chi connectivity index (χ1) is 8.95. The maximum absolute atomic E-state index is 13.9. The topological polar surface area (TPSA) is 34.9 Å². The van der Waals surface area contributed by atoms with Crippen LogP contribution in [0.5, 0.6) is 0 Å². The van der Waals surface area contributed by atoms with Crippen LogP contribution in [0.1, 0.15) is 28.5 Å². The fourth-order valence-electron chi connectivity index (χ4n) is 1.86. The van der Waals surface area contributed by atoms with Crippen LogP contribution in [0.3, 0.4) is 0 Å². The number of hydrogen-bond donors (Lipinski definition) is 0. The van der Waals surface area contributed by atoms with Gasteiger partial charge in [0, 0.05) is 13.2 Å². The van der Waals surface area contributed by atoms with Gasteiger partial charge in [0.05, 0.1) is 21.3 Å². The maximum Gasteiger partial charge on any atom is 0.202 e. The predicted octanol–water partition coefficient (Wildman–Crippen LogP) is 3.25. The molecule has 0 aliphatic carbocycles. The molecular weight excluding hydrogens is 318 g/mol. The lowest BCUT2D eigenvalue weighted by Gasteiger charge is -2.05. The molecule has 0 aliphatic heterocycles. The average Bonchev–Trinajstić information content (AvgIpc) is 2.75. The molecule has 0 spiro atoms. The normalized spacial score (nSPS) is 10.8. The zero-order chi connectivity index (χ0) is 14.2. The predicted molar refractivity (Wildman–Crippen MR) is 70.1 cm³/mol. The number of carbonyl (C=O) groups excluding carboxylic acids is 1. The third-order valence-electron chi connectivity index (χ3n) is 2.76. The fraction of sp³-hybridized carbons (Fsp3) is 0.231. The molecule has 19 heavy (non-hydrogen) atoms. The zero-order valence-electron chi connectivity index (χ0n) is 10.4. The molecule has 0 bridgehead atoms. The zero-order valence-corrected chi connectivity index (χ0v) is 12.0. The van der Waals surface area contributed by atoms with E-state index in [1.54, 1.807) is 7.05 Å². The Labute approximate surface area is 117 Å². The first-order valence-corrected chi connectivity index (χ1v) is 6.45. The van der Waals surface area contributed by atoms with E-state index in [2.05, 4.69) is 21.0 Å². The Balaban J connectivity index is 2.59. The molecule has 0 radical (unpaired) electrons. The van der Waals surface area contributed by atoms with Gasteiger partial charge in [-0.1, -0.05) is 6.92 Å². The summed E-state index contributed by atoms with van der Waals surface area (Å²) in [5, 5.41) is 4.10. The van der Waals surface area contributed by atoms with Crippen molar-refractivity contribution in [2.75, 3.05) is 0 Å². The Morgan fingerprint density at radius 3 is 2.74 bits per heavy atom. The first kappa shape index (κ1) is 13.9. The summed E-state index contributed by atoms with van der Waals surface area (Å²) in [7, 11) is 1.66. The molecular formula is C13H11BrF2N2O. The largest absolute Gasteiger partial charge is 0.288 e. The lowest BCUT2D eigenvalue weighted by molar-refractivity contribution is 0.103. The number of aromatic nitrogens is 2. The van der Waals surface area contributed by atoms with Gasteiger partial charge in [-0.2, -0.15) is 5.10 Å². The summed E-state index contributed by atoms with van der Waals surface area (Å²) >= 11 is 2.95. The third-order valence-corrected chi connectivity index (χ3v) is 3.37. The highest BCUT2D eigenvalue weighted by Gasteiger charge is 2.24. The van der Waals surface area contributed by atoms with Crippen molar-refractivity contribution < 1.29 is 13.6 Å². The van der Waals surface area contributed by atoms with E-state index in [-0.39, 0.29) is 10.0 Å². The van der Waals surface area contributed by atoms with Crippen molar-refractivity contribution in [3.05, 3.63) is 51.3 Å². The number of hydrogen-bond acceptors (Lipinski definition) is 2. The Morgan fingerprint density at radius 2 is 2.11 bits per heavy atom. The van der Waals surface area contributed by atoms with Crippen molar-refractivity contribution in [2.24, 2.45) is 7.05 Å². The summed E-state index contributed by atoms with van der Waals surface area (Å²) in [6, 6.07) is 2.29. The van der Waals surface area contributed by atoms with Gasteiger partial charge in [-0.3, -0.25) is 9.48 Å². The summed E-state index contributed by atoms with van der Waals surface area (Å²) in [6.45, 7) is 1.83.